The molecule has 0 spiro atoms. The van der Waals surface area contributed by atoms with Gasteiger partial charge in [0.05, 0.1) is 10.9 Å². The van der Waals surface area contributed by atoms with E-state index in [-0.39, 0.29) is 16.3 Å². The van der Waals surface area contributed by atoms with E-state index < -0.39 is 27.2 Å². The van der Waals surface area contributed by atoms with Gasteiger partial charge >= 0.3 is 0 Å². The number of rotatable bonds is 3. The molecule has 0 atom stereocenters. The standard InChI is InChI=1S/C18H18F2N4O3S/c1-28(26,27)13-6-8-23(9-7-13)11-2-4-12(5-3-11)24-17-15(21-22-24)10-14(19)18(25)16(17)20/h2-5,10,13,25H,6-9H2,1H3. The Bertz CT molecular complexity index is 1140. The summed E-state index contributed by atoms with van der Waals surface area (Å²) in [7, 11) is -3.03. The van der Waals surface area contributed by atoms with Crippen molar-refractivity contribution in [3.8, 4) is 11.4 Å². The second-order valence-electron chi connectivity index (χ2n) is 6.92. The highest BCUT2D eigenvalue weighted by molar-refractivity contribution is 7.91. The van der Waals surface area contributed by atoms with Crippen LogP contribution in [0, 0.1) is 11.6 Å². The third-order valence-electron chi connectivity index (χ3n) is 5.11. The van der Waals surface area contributed by atoms with Crippen LogP contribution in [-0.4, -0.2) is 53.1 Å². The van der Waals surface area contributed by atoms with E-state index in [2.05, 4.69) is 15.2 Å². The van der Waals surface area contributed by atoms with Gasteiger partial charge in [-0.25, -0.2) is 21.9 Å². The molecule has 2 aromatic carbocycles. The van der Waals surface area contributed by atoms with E-state index in [9.17, 15) is 22.3 Å². The topological polar surface area (TPSA) is 88.3 Å². The molecule has 1 fully saturated rings. The van der Waals surface area contributed by atoms with Crippen LogP contribution in [0.3, 0.4) is 0 Å². The fraction of sp³-hybridized carbons (Fsp3) is 0.333. The van der Waals surface area contributed by atoms with Gasteiger partial charge in [0, 0.05) is 31.1 Å². The number of anilines is 1. The lowest BCUT2D eigenvalue weighted by atomic mass is 10.1. The highest BCUT2D eigenvalue weighted by Gasteiger charge is 2.26. The molecule has 1 aromatic heterocycles. The molecule has 0 aliphatic carbocycles. The lowest BCUT2D eigenvalue weighted by Gasteiger charge is -2.32. The average Bonchev–Trinajstić information content (AvgIpc) is 3.09. The molecule has 0 unspecified atom stereocenters. The lowest BCUT2D eigenvalue weighted by molar-refractivity contribution is 0.399. The number of phenolic OH excluding ortho intramolecular Hbond substituents is 1. The summed E-state index contributed by atoms with van der Waals surface area (Å²) in [6, 6.07) is 8.01. The van der Waals surface area contributed by atoms with Crippen molar-refractivity contribution in [2.75, 3.05) is 24.2 Å². The normalized spacial score (nSPS) is 16.0. The number of phenols is 1. The number of aromatic hydroxyl groups is 1. The summed E-state index contributed by atoms with van der Waals surface area (Å²) in [4.78, 5) is 2.09. The van der Waals surface area contributed by atoms with Crippen LogP contribution in [0.25, 0.3) is 16.7 Å². The van der Waals surface area contributed by atoms with E-state index in [1.54, 1.807) is 12.1 Å². The maximum Gasteiger partial charge on any atom is 0.195 e. The van der Waals surface area contributed by atoms with Crippen LogP contribution in [0.4, 0.5) is 14.5 Å². The number of piperidine rings is 1. The van der Waals surface area contributed by atoms with Crippen LogP contribution in [0.5, 0.6) is 5.75 Å². The minimum absolute atomic E-state index is 0.000256. The molecule has 1 N–H and O–H groups in total. The molecule has 2 heterocycles. The summed E-state index contributed by atoms with van der Waals surface area (Å²) in [6.07, 6.45) is 2.42. The number of hydrogen-bond acceptors (Lipinski definition) is 6. The summed E-state index contributed by atoms with van der Waals surface area (Å²) in [6.45, 7) is 1.26. The first kappa shape index (κ1) is 18.6. The first-order valence-corrected chi connectivity index (χ1v) is 10.7. The van der Waals surface area contributed by atoms with Crippen molar-refractivity contribution < 1.29 is 22.3 Å². The molecule has 1 saturated heterocycles. The molecule has 28 heavy (non-hydrogen) atoms. The monoisotopic (exact) mass is 408 g/mol. The molecule has 1 aliphatic rings. The smallest absolute Gasteiger partial charge is 0.195 e. The molecular formula is C18H18F2N4O3S. The van der Waals surface area contributed by atoms with Gasteiger partial charge in [-0.3, -0.25) is 0 Å². The third-order valence-corrected chi connectivity index (χ3v) is 6.79. The molecular weight excluding hydrogens is 390 g/mol. The number of halogens is 2. The molecule has 10 heteroatoms. The highest BCUT2D eigenvalue weighted by atomic mass is 32.2. The van der Waals surface area contributed by atoms with E-state index >= 15 is 0 Å². The summed E-state index contributed by atoms with van der Waals surface area (Å²) in [5.74, 6) is -3.28. The van der Waals surface area contributed by atoms with Crippen molar-refractivity contribution in [3.05, 3.63) is 42.0 Å². The zero-order valence-corrected chi connectivity index (χ0v) is 15.8. The predicted octanol–water partition coefficient (Wildman–Crippen LogP) is 2.42. The lowest BCUT2D eigenvalue weighted by Crippen LogP contribution is -2.39. The predicted molar refractivity (Wildman–Crippen MR) is 101 cm³/mol. The SMILES string of the molecule is CS(=O)(=O)C1CCN(c2ccc(-n3nnc4cc(F)c(O)c(F)c43)cc2)CC1. The van der Waals surface area contributed by atoms with E-state index in [1.165, 1.54) is 10.9 Å². The molecule has 4 rings (SSSR count). The van der Waals surface area contributed by atoms with Gasteiger partial charge in [0.15, 0.2) is 17.4 Å². The highest BCUT2D eigenvalue weighted by Crippen LogP contribution is 2.30. The van der Waals surface area contributed by atoms with Gasteiger partial charge in [0.25, 0.3) is 0 Å². The Morgan fingerprint density at radius 1 is 1.11 bits per heavy atom. The van der Waals surface area contributed by atoms with Gasteiger partial charge in [-0.2, -0.15) is 0 Å². The first-order chi connectivity index (χ1) is 13.3. The largest absolute Gasteiger partial charge is 0.503 e. The van der Waals surface area contributed by atoms with Crippen molar-refractivity contribution >= 4 is 26.6 Å². The summed E-state index contributed by atoms with van der Waals surface area (Å²) in [5, 5.41) is 16.8. The Kier molecular flexibility index (Phi) is 4.45. The van der Waals surface area contributed by atoms with Gasteiger partial charge in [-0.05, 0) is 37.1 Å². The van der Waals surface area contributed by atoms with Crippen molar-refractivity contribution in [1.82, 2.24) is 15.0 Å². The van der Waals surface area contributed by atoms with E-state index in [4.69, 9.17) is 0 Å². The molecule has 7 nitrogen and oxygen atoms in total. The van der Waals surface area contributed by atoms with E-state index in [0.29, 0.717) is 31.6 Å². The van der Waals surface area contributed by atoms with Crippen molar-refractivity contribution in [2.24, 2.45) is 0 Å². The molecule has 0 amide bonds. The minimum atomic E-state index is -3.03. The Morgan fingerprint density at radius 2 is 1.71 bits per heavy atom. The van der Waals surface area contributed by atoms with Crippen LogP contribution in [0.15, 0.2) is 30.3 Å². The number of aromatic nitrogens is 3. The first-order valence-electron chi connectivity index (χ1n) is 8.72. The van der Waals surface area contributed by atoms with Gasteiger partial charge in [-0.1, -0.05) is 5.21 Å². The van der Waals surface area contributed by atoms with Crippen LogP contribution in [0.1, 0.15) is 12.8 Å². The molecule has 0 radical (unpaired) electrons. The number of benzene rings is 2. The molecule has 0 saturated carbocycles. The van der Waals surface area contributed by atoms with Crippen molar-refractivity contribution in [2.45, 2.75) is 18.1 Å². The van der Waals surface area contributed by atoms with Crippen LogP contribution in [0.2, 0.25) is 0 Å². The Morgan fingerprint density at radius 3 is 2.32 bits per heavy atom. The Labute approximate surface area is 160 Å². The second kappa shape index (κ2) is 6.69. The van der Waals surface area contributed by atoms with Gasteiger partial charge in [-0.15, -0.1) is 5.10 Å². The Balaban J connectivity index is 1.60. The number of nitrogens with zero attached hydrogens (tertiary/aromatic N) is 4. The fourth-order valence-electron chi connectivity index (χ4n) is 3.53. The molecule has 148 valence electrons. The molecule has 0 bridgehead atoms. The zero-order chi connectivity index (χ0) is 20.1. The maximum absolute atomic E-state index is 14.3. The van der Waals surface area contributed by atoms with Crippen LogP contribution < -0.4 is 4.90 Å². The van der Waals surface area contributed by atoms with E-state index in [0.717, 1.165) is 11.8 Å². The third kappa shape index (κ3) is 3.17. The van der Waals surface area contributed by atoms with Crippen LogP contribution >= 0.6 is 0 Å². The number of hydrogen-bond donors (Lipinski definition) is 1. The van der Waals surface area contributed by atoms with Crippen molar-refractivity contribution in [3.63, 3.8) is 0 Å². The quantitative estimate of drug-likeness (QED) is 0.716. The summed E-state index contributed by atoms with van der Waals surface area (Å²) < 4.78 is 52.3. The fourth-order valence-corrected chi connectivity index (χ4v) is 4.60. The van der Waals surface area contributed by atoms with Crippen LogP contribution in [-0.2, 0) is 9.84 Å². The summed E-state index contributed by atoms with van der Waals surface area (Å²) in [5.41, 5.74) is 1.30. The average molecular weight is 408 g/mol. The van der Waals surface area contributed by atoms with Gasteiger partial charge in [0.1, 0.15) is 20.9 Å². The van der Waals surface area contributed by atoms with Gasteiger partial charge < -0.3 is 10.0 Å². The van der Waals surface area contributed by atoms with E-state index in [1.807, 2.05) is 12.1 Å². The molecule has 3 aromatic rings. The molecule has 1 aliphatic heterocycles. The number of fused-ring (bicyclic) bond motifs is 1. The van der Waals surface area contributed by atoms with Crippen molar-refractivity contribution in [1.29, 1.82) is 0 Å². The minimum Gasteiger partial charge on any atom is -0.503 e. The second-order valence-corrected chi connectivity index (χ2v) is 9.25. The van der Waals surface area contributed by atoms with Gasteiger partial charge in [0.2, 0.25) is 0 Å². The number of sulfone groups is 1. The zero-order valence-electron chi connectivity index (χ0n) is 15.0. The Hall–Kier alpha value is -2.75. The maximum atomic E-state index is 14.3. The summed E-state index contributed by atoms with van der Waals surface area (Å²) >= 11 is 0.